The quantitative estimate of drug-likeness (QED) is 0.922. The van der Waals surface area contributed by atoms with E-state index in [1.54, 1.807) is 12.4 Å². The normalized spacial score (nSPS) is 15.3. The molecule has 1 N–H and O–H groups in total. The Morgan fingerprint density at radius 3 is 2.19 bits per heavy atom. The molecule has 5 nitrogen and oxygen atoms in total. The number of anilines is 2. The molecule has 0 aliphatic carbocycles. The molecule has 0 amide bonds. The Morgan fingerprint density at radius 2 is 1.57 bits per heavy atom. The van der Waals surface area contributed by atoms with Gasteiger partial charge in [-0.3, -0.25) is 0 Å². The zero-order chi connectivity index (χ0) is 14.5. The molecule has 1 aliphatic rings. The minimum atomic E-state index is 0.835. The van der Waals surface area contributed by atoms with E-state index in [-0.39, 0.29) is 0 Å². The number of benzene rings is 1. The number of nitrogens with one attached hydrogen (secondary N) is 1. The summed E-state index contributed by atoms with van der Waals surface area (Å²) in [5.41, 5.74) is 2.61. The fourth-order valence-corrected chi connectivity index (χ4v) is 2.65. The lowest BCUT2D eigenvalue weighted by atomic mass is 10.2. The Balaban J connectivity index is 1.60. The van der Waals surface area contributed by atoms with E-state index in [2.05, 4.69) is 49.4 Å². The highest BCUT2D eigenvalue weighted by Crippen LogP contribution is 2.18. The summed E-state index contributed by atoms with van der Waals surface area (Å²) in [4.78, 5) is 13.3. The highest BCUT2D eigenvalue weighted by molar-refractivity contribution is 5.49. The lowest BCUT2D eigenvalue weighted by molar-refractivity contribution is 0.640. The molecule has 0 unspecified atom stereocenters. The van der Waals surface area contributed by atoms with Crippen molar-refractivity contribution < 1.29 is 0 Å². The largest absolute Gasteiger partial charge is 0.368 e. The van der Waals surface area contributed by atoms with Crippen LogP contribution in [0.15, 0.2) is 42.7 Å². The van der Waals surface area contributed by atoms with Crippen LogP contribution in [-0.4, -0.2) is 43.2 Å². The number of nitrogens with zero attached hydrogens (tertiary/aromatic N) is 4. The van der Waals surface area contributed by atoms with E-state index in [1.807, 2.05) is 13.1 Å². The third-order valence-corrected chi connectivity index (χ3v) is 3.80. The molecule has 1 aromatic heterocycles. The lowest BCUT2D eigenvalue weighted by Gasteiger charge is -2.36. The van der Waals surface area contributed by atoms with Gasteiger partial charge in [-0.05, 0) is 30.8 Å². The van der Waals surface area contributed by atoms with Crippen LogP contribution in [0.25, 0.3) is 0 Å². The highest BCUT2D eigenvalue weighted by atomic mass is 15.3. The summed E-state index contributed by atoms with van der Waals surface area (Å²) in [6.45, 7) is 4.84. The minimum absolute atomic E-state index is 0.835. The van der Waals surface area contributed by atoms with Gasteiger partial charge in [0.25, 0.3) is 0 Å². The molecule has 0 spiro atoms. The van der Waals surface area contributed by atoms with Crippen molar-refractivity contribution in [3.05, 3.63) is 48.3 Å². The molecule has 3 rings (SSSR count). The van der Waals surface area contributed by atoms with Crippen molar-refractivity contribution in [3.63, 3.8) is 0 Å². The van der Waals surface area contributed by atoms with E-state index < -0.39 is 0 Å². The Hall–Kier alpha value is -2.14. The molecule has 0 saturated carbocycles. The number of hydrogen-bond acceptors (Lipinski definition) is 5. The summed E-state index contributed by atoms with van der Waals surface area (Å²) in [7, 11) is 1.97. The van der Waals surface area contributed by atoms with E-state index in [4.69, 9.17) is 0 Å². The standard InChI is InChI=1S/C16H21N5/c1-17-13-14-3-5-15(6-4-14)20-9-11-21(12-10-20)16-18-7-2-8-19-16/h2-8,17H,9-13H2,1H3. The van der Waals surface area contributed by atoms with Crippen LogP contribution in [0.5, 0.6) is 0 Å². The molecule has 1 aromatic carbocycles. The predicted molar refractivity (Wildman–Crippen MR) is 85.7 cm³/mol. The highest BCUT2D eigenvalue weighted by Gasteiger charge is 2.18. The van der Waals surface area contributed by atoms with Crippen LogP contribution in [0.2, 0.25) is 0 Å². The summed E-state index contributed by atoms with van der Waals surface area (Å²) in [6, 6.07) is 10.7. The first-order chi connectivity index (χ1) is 10.4. The van der Waals surface area contributed by atoms with Crippen molar-refractivity contribution in [2.75, 3.05) is 43.0 Å². The van der Waals surface area contributed by atoms with Crippen LogP contribution in [0, 0.1) is 0 Å². The Kier molecular flexibility index (Phi) is 4.31. The van der Waals surface area contributed by atoms with Gasteiger partial charge in [0.15, 0.2) is 0 Å². The van der Waals surface area contributed by atoms with E-state index >= 15 is 0 Å². The van der Waals surface area contributed by atoms with Gasteiger partial charge in [0.2, 0.25) is 5.95 Å². The smallest absolute Gasteiger partial charge is 0.225 e. The summed E-state index contributed by atoms with van der Waals surface area (Å²) in [5.74, 6) is 0.835. The molecule has 110 valence electrons. The summed E-state index contributed by atoms with van der Waals surface area (Å²) >= 11 is 0. The van der Waals surface area contributed by atoms with Crippen LogP contribution in [0.1, 0.15) is 5.56 Å². The van der Waals surface area contributed by atoms with Gasteiger partial charge in [-0.25, -0.2) is 9.97 Å². The van der Waals surface area contributed by atoms with Gasteiger partial charge >= 0.3 is 0 Å². The Morgan fingerprint density at radius 1 is 0.952 bits per heavy atom. The van der Waals surface area contributed by atoms with Gasteiger partial charge < -0.3 is 15.1 Å². The second-order valence-corrected chi connectivity index (χ2v) is 5.22. The average Bonchev–Trinajstić information content (AvgIpc) is 2.57. The third-order valence-electron chi connectivity index (χ3n) is 3.80. The second kappa shape index (κ2) is 6.54. The Labute approximate surface area is 125 Å². The molecule has 1 aliphatic heterocycles. The summed E-state index contributed by atoms with van der Waals surface area (Å²) in [5, 5.41) is 3.17. The number of rotatable bonds is 4. The fraction of sp³-hybridized carbons (Fsp3) is 0.375. The third kappa shape index (κ3) is 3.31. The summed E-state index contributed by atoms with van der Waals surface area (Å²) in [6.07, 6.45) is 3.60. The van der Waals surface area contributed by atoms with Crippen molar-refractivity contribution in [1.29, 1.82) is 0 Å². The number of piperazine rings is 1. The second-order valence-electron chi connectivity index (χ2n) is 5.22. The SMILES string of the molecule is CNCc1ccc(N2CCN(c3ncccn3)CC2)cc1. The van der Waals surface area contributed by atoms with E-state index in [0.29, 0.717) is 0 Å². The van der Waals surface area contributed by atoms with Crippen molar-refractivity contribution in [2.45, 2.75) is 6.54 Å². The molecule has 0 bridgehead atoms. The maximum atomic E-state index is 4.32. The minimum Gasteiger partial charge on any atom is -0.368 e. The topological polar surface area (TPSA) is 44.3 Å². The first-order valence-electron chi connectivity index (χ1n) is 7.37. The first kappa shape index (κ1) is 13.8. The van der Waals surface area contributed by atoms with Gasteiger partial charge in [-0.2, -0.15) is 0 Å². The predicted octanol–water partition coefficient (Wildman–Crippen LogP) is 1.52. The van der Waals surface area contributed by atoms with Gasteiger partial charge in [0.1, 0.15) is 0 Å². The van der Waals surface area contributed by atoms with E-state index in [9.17, 15) is 0 Å². The van der Waals surface area contributed by atoms with E-state index in [0.717, 1.165) is 38.7 Å². The zero-order valence-corrected chi connectivity index (χ0v) is 12.4. The molecule has 1 saturated heterocycles. The molecule has 0 atom stereocenters. The summed E-state index contributed by atoms with van der Waals surface area (Å²) < 4.78 is 0. The molecule has 2 heterocycles. The van der Waals surface area contributed by atoms with E-state index in [1.165, 1.54) is 11.3 Å². The monoisotopic (exact) mass is 283 g/mol. The molecule has 5 heteroatoms. The van der Waals surface area contributed by atoms with Gasteiger partial charge in [-0.1, -0.05) is 12.1 Å². The molecule has 2 aromatic rings. The maximum absolute atomic E-state index is 4.32. The molecule has 21 heavy (non-hydrogen) atoms. The number of hydrogen-bond donors (Lipinski definition) is 1. The fourth-order valence-electron chi connectivity index (χ4n) is 2.65. The van der Waals surface area contributed by atoms with Crippen molar-refractivity contribution in [2.24, 2.45) is 0 Å². The van der Waals surface area contributed by atoms with Crippen molar-refractivity contribution >= 4 is 11.6 Å². The first-order valence-corrected chi connectivity index (χ1v) is 7.37. The lowest BCUT2D eigenvalue weighted by Crippen LogP contribution is -2.47. The van der Waals surface area contributed by atoms with Gasteiger partial charge in [0, 0.05) is 50.8 Å². The van der Waals surface area contributed by atoms with Crippen LogP contribution in [-0.2, 0) is 6.54 Å². The maximum Gasteiger partial charge on any atom is 0.225 e. The molecule has 1 fully saturated rings. The van der Waals surface area contributed by atoms with Crippen LogP contribution >= 0.6 is 0 Å². The van der Waals surface area contributed by atoms with Crippen molar-refractivity contribution in [1.82, 2.24) is 15.3 Å². The number of aromatic nitrogens is 2. The van der Waals surface area contributed by atoms with Crippen molar-refractivity contribution in [3.8, 4) is 0 Å². The van der Waals surface area contributed by atoms with Gasteiger partial charge in [0.05, 0.1) is 0 Å². The molecular formula is C16H21N5. The van der Waals surface area contributed by atoms with Crippen LogP contribution in [0.3, 0.4) is 0 Å². The Bertz CT molecular complexity index is 547. The van der Waals surface area contributed by atoms with Crippen LogP contribution in [0.4, 0.5) is 11.6 Å². The van der Waals surface area contributed by atoms with Gasteiger partial charge in [-0.15, -0.1) is 0 Å². The average molecular weight is 283 g/mol. The zero-order valence-electron chi connectivity index (χ0n) is 12.4. The molecular weight excluding hydrogens is 262 g/mol. The van der Waals surface area contributed by atoms with Crippen LogP contribution < -0.4 is 15.1 Å². The molecule has 0 radical (unpaired) electrons.